The number of aromatic nitrogens is 1. The van der Waals surface area contributed by atoms with Crippen LogP contribution in [0.2, 0.25) is 0 Å². The van der Waals surface area contributed by atoms with Gasteiger partial charge in [0, 0.05) is 37.8 Å². The fourth-order valence-corrected chi connectivity index (χ4v) is 3.19. The first kappa shape index (κ1) is 20.2. The lowest BCUT2D eigenvalue weighted by molar-refractivity contribution is 0.0772. The van der Waals surface area contributed by atoms with E-state index in [1.54, 1.807) is 11.9 Å². The Hall–Kier alpha value is -2.52. The van der Waals surface area contributed by atoms with E-state index in [9.17, 15) is 13.6 Å². The smallest absolute Gasteiger partial charge is 0.275 e. The fourth-order valence-electron chi connectivity index (χ4n) is 3.19. The summed E-state index contributed by atoms with van der Waals surface area (Å²) in [7, 11) is 1.70. The van der Waals surface area contributed by atoms with Gasteiger partial charge >= 0.3 is 0 Å². The Morgan fingerprint density at radius 2 is 2.11 bits per heavy atom. The molecule has 28 heavy (non-hydrogen) atoms. The number of nitrogens with one attached hydrogen (secondary N) is 2. The van der Waals surface area contributed by atoms with Crippen molar-refractivity contribution < 1.29 is 22.8 Å². The monoisotopic (exact) mass is 394 g/mol. The fraction of sp³-hybridized carbons (Fsp3) is 0.474. The number of rotatable bonds is 8. The van der Waals surface area contributed by atoms with Gasteiger partial charge in [0.2, 0.25) is 0 Å². The zero-order valence-electron chi connectivity index (χ0n) is 15.9. The van der Waals surface area contributed by atoms with Crippen molar-refractivity contribution >= 4 is 5.91 Å². The maximum atomic E-state index is 13.6. The predicted octanol–water partition coefficient (Wildman–Crippen LogP) is 2.64. The Labute approximate surface area is 162 Å². The SMILES string of the molecule is CCCC1CC(CN(C)C(=O)c2cc(COc3ccc(F)cc3F)on2)NN1. The molecule has 1 aromatic carbocycles. The van der Waals surface area contributed by atoms with E-state index in [1.165, 1.54) is 12.1 Å². The Bertz CT molecular complexity index is 814. The van der Waals surface area contributed by atoms with Crippen molar-refractivity contribution in [1.82, 2.24) is 20.9 Å². The van der Waals surface area contributed by atoms with Crippen molar-refractivity contribution in [1.29, 1.82) is 0 Å². The summed E-state index contributed by atoms with van der Waals surface area (Å²) in [6.45, 7) is 2.55. The maximum Gasteiger partial charge on any atom is 0.275 e. The molecular formula is C19H24F2N4O3. The summed E-state index contributed by atoms with van der Waals surface area (Å²) in [5, 5.41) is 3.77. The van der Waals surface area contributed by atoms with Gasteiger partial charge in [-0.05, 0) is 25.0 Å². The number of hydrazine groups is 1. The van der Waals surface area contributed by atoms with Gasteiger partial charge in [-0.15, -0.1) is 0 Å². The lowest BCUT2D eigenvalue weighted by Crippen LogP contribution is -2.41. The van der Waals surface area contributed by atoms with Crippen LogP contribution in [0.4, 0.5) is 8.78 Å². The molecule has 3 rings (SSSR count). The Morgan fingerprint density at radius 3 is 2.86 bits per heavy atom. The van der Waals surface area contributed by atoms with Crippen LogP contribution in [-0.4, -0.2) is 41.6 Å². The normalized spacial score (nSPS) is 19.0. The summed E-state index contributed by atoms with van der Waals surface area (Å²) in [5.74, 6) is -1.61. The standard InChI is InChI=1S/C19H24F2N4O3/c1-3-4-13-8-14(23-22-13)10-25(2)19(26)17-9-15(28-24-17)11-27-18-6-5-12(20)7-16(18)21/h5-7,9,13-14,22-23H,3-4,8,10-11H2,1-2H3. The molecule has 0 bridgehead atoms. The molecule has 2 unspecified atom stereocenters. The minimum atomic E-state index is -0.811. The highest BCUT2D eigenvalue weighted by Gasteiger charge is 2.26. The average Bonchev–Trinajstić information content (AvgIpc) is 3.30. The van der Waals surface area contributed by atoms with Crippen LogP contribution in [0.3, 0.4) is 0 Å². The molecule has 2 aromatic rings. The van der Waals surface area contributed by atoms with E-state index in [2.05, 4.69) is 22.9 Å². The maximum absolute atomic E-state index is 13.6. The van der Waals surface area contributed by atoms with E-state index in [-0.39, 0.29) is 35.8 Å². The van der Waals surface area contributed by atoms with E-state index in [1.807, 2.05) is 0 Å². The quantitative estimate of drug-likeness (QED) is 0.717. The lowest BCUT2D eigenvalue weighted by Gasteiger charge is -2.19. The molecule has 1 amide bonds. The van der Waals surface area contributed by atoms with E-state index in [4.69, 9.17) is 9.26 Å². The van der Waals surface area contributed by atoms with Gasteiger partial charge < -0.3 is 14.2 Å². The molecule has 1 aliphatic rings. The van der Waals surface area contributed by atoms with Gasteiger partial charge in [0.05, 0.1) is 0 Å². The third kappa shape index (κ3) is 5.05. The largest absolute Gasteiger partial charge is 0.482 e. The van der Waals surface area contributed by atoms with Crippen LogP contribution in [0.25, 0.3) is 0 Å². The summed E-state index contributed by atoms with van der Waals surface area (Å²) in [4.78, 5) is 14.1. The summed E-state index contributed by atoms with van der Waals surface area (Å²) in [6, 6.07) is 5.06. The Kier molecular flexibility index (Phi) is 6.58. The molecule has 7 nitrogen and oxygen atoms in total. The van der Waals surface area contributed by atoms with Crippen molar-refractivity contribution in [2.45, 2.75) is 44.9 Å². The Balaban J connectivity index is 1.52. The molecule has 9 heteroatoms. The summed E-state index contributed by atoms with van der Waals surface area (Å²) in [5.41, 5.74) is 6.60. The highest BCUT2D eigenvalue weighted by atomic mass is 19.1. The highest BCUT2D eigenvalue weighted by Crippen LogP contribution is 2.19. The van der Waals surface area contributed by atoms with E-state index in [0.717, 1.165) is 31.4 Å². The number of likely N-dealkylation sites (N-methyl/N-ethyl adjacent to an activating group) is 1. The summed E-state index contributed by atoms with van der Waals surface area (Å²) in [6.07, 6.45) is 3.14. The topological polar surface area (TPSA) is 79.6 Å². The van der Waals surface area contributed by atoms with Crippen molar-refractivity contribution in [2.24, 2.45) is 0 Å². The molecule has 0 spiro atoms. The molecule has 0 radical (unpaired) electrons. The van der Waals surface area contributed by atoms with Gasteiger partial charge in [-0.2, -0.15) is 0 Å². The number of ether oxygens (including phenoxy) is 1. The third-order valence-corrected chi connectivity index (χ3v) is 4.58. The van der Waals surface area contributed by atoms with Gasteiger partial charge in [0.1, 0.15) is 12.4 Å². The third-order valence-electron chi connectivity index (χ3n) is 4.58. The molecule has 0 aliphatic carbocycles. The first-order chi connectivity index (χ1) is 13.5. The minimum absolute atomic E-state index is 0.107. The molecule has 2 atom stereocenters. The molecule has 1 saturated heterocycles. The first-order valence-electron chi connectivity index (χ1n) is 9.26. The van der Waals surface area contributed by atoms with Crippen LogP contribution >= 0.6 is 0 Å². The van der Waals surface area contributed by atoms with Crippen LogP contribution in [0.15, 0.2) is 28.8 Å². The number of hydrogen-bond acceptors (Lipinski definition) is 6. The van der Waals surface area contributed by atoms with Gasteiger partial charge in [0.15, 0.2) is 23.0 Å². The zero-order valence-corrected chi connectivity index (χ0v) is 15.9. The molecule has 152 valence electrons. The first-order valence-corrected chi connectivity index (χ1v) is 9.26. The van der Waals surface area contributed by atoms with Gasteiger partial charge in [0.25, 0.3) is 5.91 Å². The lowest BCUT2D eigenvalue weighted by atomic mass is 10.1. The van der Waals surface area contributed by atoms with E-state index >= 15 is 0 Å². The van der Waals surface area contributed by atoms with Crippen LogP contribution in [0.5, 0.6) is 5.75 Å². The molecule has 0 saturated carbocycles. The van der Waals surface area contributed by atoms with Gasteiger partial charge in [-0.1, -0.05) is 18.5 Å². The molecule has 1 fully saturated rings. The van der Waals surface area contributed by atoms with Crippen molar-refractivity contribution in [2.75, 3.05) is 13.6 Å². The van der Waals surface area contributed by atoms with Crippen molar-refractivity contribution in [3.63, 3.8) is 0 Å². The molecule has 1 aliphatic heterocycles. The molecular weight excluding hydrogens is 370 g/mol. The van der Waals surface area contributed by atoms with Crippen molar-refractivity contribution in [3.8, 4) is 5.75 Å². The number of halogens is 2. The molecule has 2 N–H and O–H groups in total. The second-order valence-corrected chi connectivity index (χ2v) is 6.93. The number of carbonyl (C=O) groups excluding carboxylic acids is 1. The summed E-state index contributed by atoms with van der Waals surface area (Å²) < 4.78 is 36.8. The van der Waals surface area contributed by atoms with Crippen molar-refractivity contribution in [3.05, 3.63) is 47.4 Å². The van der Waals surface area contributed by atoms with Crippen LogP contribution in [-0.2, 0) is 6.61 Å². The molecule has 2 heterocycles. The van der Waals surface area contributed by atoms with Crippen LogP contribution in [0, 0.1) is 11.6 Å². The Morgan fingerprint density at radius 1 is 1.32 bits per heavy atom. The number of amides is 1. The molecule has 1 aromatic heterocycles. The van der Waals surface area contributed by atoms with Gasteiger partial charge in [-0.3, -0.25) is 15.6 Å². The number of benzene rings is 1. The van der Waals surface area contributed by atoms with Crippen LogP contribution in [0.1, 0.15) is 42.4 Å². The highest BCUT2D eigenvalue weighted by molar-refractivity contribution is 5.92. The average molecular weight is 394 g/mol. The van der Waals surface area contributed by atoms with E-state index < -0.39 is 11.6 Å². The number of carbonyl (C=O) groups is 1. The van der Waals surface area contributed by atoms with Gasteiger partial charge in [-0.25, -0.2) is 8.78 Å². The predicted molar refractivity (Wildman–Crippen MR) is 97.5 cm³/mol. The number of nitrogens with zero attached hydrogens (tertiary/aromatic N) is 2. The zero-order chi connectivity index (χ0) is 20.1. The second kappa shape index (κ2) is 9.11. The summed E-state index contributed by atoms with van der Waals surface area (Å²) >= 11 is 0. The van der Waals surface area contributed by atoms with E-state index in [0.29, 0.717) is 12.6 Å². The van der Waals surface area contributed by atoms with Crippen LogP contribution < -0.4 is 15.6 Å². The second-order valence-electron chi connectivity index (χ2n) is 6.93. The number of hydrogen-bond donors (Lipinski definition) is 2. The minimum Gasteiger partial charge on any atom is -0.482 e.